The molecule has 0 aliphatic carbocycles. The van der Waals surface area contributed by atoms with Gasteiger partial charge >= 0.3 is 5.97 Å². The molecule has 0 radical (unpaired) electrons. The molecule has 0 atom stereocenters. The van der Waals surface area contributed by atoms with Gasteiger partial charge in [-0.2, -0.15) is 0 Å². The molecule has 0 bridgehead atoms. The summed E-state index contributed by atoms with van der Waals surface area (Å²) in [6.45, 7) is 0. The minimum Gasteiger partial charge on any atom is -0.495 e. The molecule has 0 fully saturated rings. The Balaban J connectivity index is 1.81. The highest BCUT2D eigenvalue weighted by molar-refractivity contribution is 7.92. The van der Waals surface area contributed by atoms with Crippen LogP contribution in [0, 0.1) is 0 Å². The number of hydrogen-bond acceptors (Lipinski definition) is 5. The van der Waals surface area contributed by atoms with Gasteiger partial charge in [-0.05, 0) is 60.7 Å². The van der Waals surface area contributed by atoms with Gasteiger partial charge < -0.3 is 9.47 Å². The average molecular weight is 432 g/mol. The minimum atomic E-state index is -3.84. The van der Waals surface area contributed by atoms with E-state index < -0.39 is 16.0 Å². The van der Waals surface area contributed by atoms with Crippen molar-refractivity contribution in [2.75, 3.05) is 18.5 Å². The van der Waals surface area contributed by atoms with Gasteiger partial charge in [0.05, 0.1) is 23.3 Å². The summed E-state index contributed by atoms with van der Waals surface area (Å²) in [5.74, 6) is 0.170. The monoisotopic (exact) mass is 431 g/mol. The molecule has 0 unspecified atom stereocenters. The lowest BCUT2D eigenvalue weighted by atomic mass is 10.2. The van der Waals surface area contributed by atoms with Crippen LogP contribution >= 0.6 is 11.6 Å². The Bertz CT molecular complexity index is 1110. The van der Waals surface area contributed by atoms with E-state index in [1.54, 1.807) is 48.5 Å². The van der Waals surface area contributed by atoms with E-state index in [9.17, 15) is 13.2 Å². The number of rotatable bonds is 6. The van der Waals surface area contributed by atoms with E-state index in [0.29, 0.717) is 22.2 Å². The van der Waals surface area contributed by atoms with Gasteiger partial charge in [0, 0.05) is 12.1 Å². The fraction of sp³-hybridized carbons (Fsp3) is 0.0952. The Labute approximate surface area is 174 Å². The lowest BCUT2D eigenvalue weighted by molar-refractivity contribution is 0.0734. The van der Waals surface area contributed by atoms with Crippen LogP contribution in [0.1, 0.15) is 10.4 Å². The second kappa shape index (κ2) is 8.55. The van der Waals surface area contributed by atoms with Crippen LogP contribution in [-0.2, 0) is 10.0 Å². The molecule has 0 amide bonds. The second-order valence-electron chi connectivity index (χ2n) is 6.01. The summed E-state index contributed by atoms with van der Waals surface area (Å²) in [6.07, 6.45) is 0. The highest BCUT2D eigenvalue weighted by Gasteiger charge is 2.24. The van der Waals surface area contributed by atoms with Crippen molar-refractivity contribution in [2.24, 2.45) is 0 Å². The predicted octanol–water partition coefficient (Wildman–Crippen LogP) is 4.39. The quantitative estimate of drug-likeness (QED) is 0.427. The lowest BCUT2D eigenvalue weighted by Gasteiger charge is -2.21. The number of methoxy groups -OCH3 is 1. The van der Waals surface area contributed by atoms with Gasteiger partial charge in [-0.25, -0.2) is 13.2 Å². The maximum absolute atomic E-state index is 12.9. The topological polar surface area (TPSA) is 72.9 Å². The van der Waals surface area contributed by atoms with Crippen LogP contribution in [0.5, 0.6) is 11.5 Å². The summed E-state index contributed by atoms with van der Waals surface area (Å²) in [7, 11) is -0.931. The molecule has 0 saturated heterocycles. The average Bonchev–Trinajstić information content (AvgIpc) is 2.74. The van der Waals surface area contributed by atoms with E-state index >= 15 is 0 Å². The number of sulfonamides is 1. The highest BCUT2D eigenvalue weighted by Crippen LogP contribution is 2.31. The van der Waals surface area contributed by atoms with Gasteiger partial charge in [0.2, 0.25) is 0 Å². The normalized spacial score (nSPS) is 11.0. The van der Waals surface area contributed by atoms with Crippen LogP contribution < -0.4 is 13.8 Å². The first-order chi connectivity index (χ1) is 13.8. The van der Waals surface area contributed by atoms with E-state index in [2.05, 4.69) is 0 Å². The van der Waals surface area contributed by atoms with Gasteiger partial charge in [0.25, 0.3) is 10.0 Å². The Hall–Kier alpha value is -3.03. The molecule has 0 saturated carbocycles. The fourth-order valence-electron chi connectivity index (χ4n) is 2.61. The molecule has 6 nitrogen and oxygen atoms in total. The van der Waals surface area contributed by atoms with E-state index in [4.69, 9.17) is 21.1 Å². The smallest absolute Gasteiger partial charge is 0.343 e. The molecule has 0 aliphatic heterocycles. The first-order valence-corrected chi connectivity index (χ1v) is 10.3. The van der Waals surface area contributed by atoms with Crippen molar-refractivity contribution in [3.8, 4) is 11.5 Å². The molecule has 3 rings (SSSR count). The molecule has 150 valence electrons. The number of halogens is 1. The third-order valence-electron chi connectivity index (χ3n) is 4.20. The van der Waals surface area contributed by atoms with Gasteiger partial charge in [0.1, 0.15) is 11.5 Å². The molecular weight excluding hydrogens is 414 g/mol. The summed E-state index contributed by atoms with van der Waals surface area (Å²) in [5.41, 5.74) is 0.625. The van der Waals surface area contributed by atoms with Crippen LogP contribution in [0.25, 0.3) is 0 Å². The zero-order chi connectivity index (χ0) is 21.0. The van der Waals surface area contributed by atoms with Crippen LogP contribution in [0.3, 0.4) is 0 Å². The minimum absolute atomic E-state index is 0.0361. The summed E-state index contributed by atoms with van der Waals surface area (Å²) in [5, 5.41) is 0.526. The zero-order valence-electron chi connectivity index (χ0n) is 15.7. The van der Waals surface area contributed by atoms with Crippen molar-refractivity contribution in [1.29, 1.82) is 0 Å². The maximum Gasteiger partial charge on any atom is 0.343 e. The van der Waals surface area contributed by atoms with Crippen LogP contribution in [-0.4, -0.2) is 28.5 Å². The first-order valence-electron chi connectivity index (χ1n) is 8.52. The second-order valence-corrected chi connectivity index (χ2v) is 8.42. The molecule has 0 aliphatic rings. The molecule has 3 aromatic carbocycles. The summed E-state index contributed by atoms with van der Waals surface area (Å²) in [6, 6.07) is 18.7. The Morgan fingerprint density at radius 3 is 2.17 bits per heavy atom. The van der Waals surface area contributed by atoms with Crippen molar-refractivity contribution in [3.63, 3.8) is 0 Å². The van der Waals surface area contributed by atoms with Crippen molar-refractivity contribution in [2.45, 2.75) is 4.90 Å². The number of benzene rings is 3. The van der Waals surface area contributed by atoms with Crippen LogP contribution in [0.4, 0.5) is 5.69 Å². The van der Waals surface area contributed by atoms with Gasteiger partial charge in [-0.1, -0.05) is 23.7 Å². The largest absolute Gasteiger partial charge is 0.495 e. The SMILES string of the molecule is COc1ccccc1N(C)S(=O)(=O)c1ccc(C(=O)Oc2ccc(Cl)cc2)cc1. The maximum atomic E-state index is 12.9. The number of esters is 1. The van der Waals surface area contributed by atoms with E-state index in [1.807, 2.05) is 0 Å². The van der Waals surface area contributed by atoms with E-state index in [-0.39, 0.29) is 10.5 Å². The molecule has 3 aromatic rings. The van der Waals surface area contributed by atoms with E-state index in [1.165, 1.54) is 38.4 Å². The molecule has 0 N–H and O–H groups in total. The lowest BCUT2D eigenvalue weighted by Crippen LogP contribution is -2.27. The zero-order valence-corrected chi connectivity index (χ0v) is 17.3. The van der Waals surface area contributed by atoms with Crippen molar-refractivity contribution >= 4 is 33.3 Å². The standard InChI is InChI=1S/C21H18ClNO5S/c1-23(19-5-3-4-6-20(19)27-2)29(25,26)18-13-7-15(8-14-18)21(24)28-17-11-9-16(22)10-12-17/h3-14H,1-2H3. The molecule has 0 heterocycles. The summed E-state index contributed by atoms with van der Waals surface area (Å²) in [4.78, 5) is 12.3. The van der Waals surface area contributed by atoms with Gasteiger partial charge in [-0.15, -0.1) is 0 Å². The van der Waals surface area contributed by atoms with Gasteiger partial charge in [-0.3, -0.25) is 4.31 Å². The van der Waals surface area contributed by atoms with Crippen molar-refractivity contribution in [3.05, 3.63) is 83.4 Å². The van der Waals surface area contributed by atoms with Crippen molar-refractivity contribution in [1.82, 2.24) is 0 Å². The number of anilines is 1. The molecule has 0 spiro atoms. The third kappa shape index (κ3) is 4.52. The molecule has 29 heavy (non-hydrogen) atoms. The summed E-state index contributed by atoms with van der Waals surface area (Å²) < 4.78 is 37.5. The first kappa shape index (κ1) is 20.7. The van der Waals surface area contributed by atoms with E-state index in [0.717, 1.165) is 4.31 Å². The molecule has 0 aromatic heterocycles. The predicted molar refractivity (Wildman–Crippen MR) is 111 cm³/mol. The third-order valence-corrected chi connectivity index (χ3v) is 6.23. The van der Waals surface area contributed by atoms with Crippen LogP contribution in [0.2, 0.25) is 5.02 Å². The highest BCUT2D eigenvalue weighted by atomic mass is 35.5. The number of nitrogens with zero attached hydrogens (tertiary/aromatic N) is 1. The number of hydrogen-bond donors (Lipinski definition) is 0. The number of para-hydroxylation sites is 2. The fourth-order valence-corrected chi connectivity index (χ4v) is 3.94. The Kier molecular flexibility index (Phi) is 6.10. The molecular formula is C21H18ClNO5S. The number of ether oxygens (including phenoxy) is 2. The number of carbonyl (C=O) groups excluding carboxylic acids is 1. The Morgan fingerprint density at radius 1 is 0.931 bits per heavy atom. The Morgan fingerprint density at radius 2 is 1.55 bits per heavy atom. The summed E-state index contributed by atoms with van der Waals surface area (Å²) >= 11 is 5.80. The van der Waals surface area contributed by atoms with Gasteiger partial charge in [0.15, 0.2) is 0 Å². The molecule has 8 heteroatoms. The van der Waals surface area contributed by atoms with Crippen LogP contribution in [0.15, 0.2) is 77.7 Å². The number of carbonyl (C=O) groups is 1. The van der Waals surface area contributed by atoms with Crippen molar-refractivity contribution < 1.29 is 22.7 Å².